The Labute approximate surface area is 151 Å². The molecule has 4 rings (SSSR count). The Morgan fingerprint density at radius 3 is 2.88 bits per heavy atom. The summed E-state index contributed by atoms with van der Waals surface area (Å²) in [5, 5.41) is 14.6. The Hall–Kier alpha value is -3.39. The molecule has 0 saturated carbocycles. The maximum Gasteiger partial charge on any atom is 0.254 e. The molecule has 5 heteroatoms. The number of benzene rings is 2. The number of fused-ring (bicyclic) bond motifs is 2. The first kappa shape index (κ1) is 16.1. The largest absolute Gasteiger partial charge is 0.329 e. The highest BCUT2D eigenvalue weighted by Gasteiger charge is 2.29. The minimum absolute atomic E-state index is 0.0157. The molecule has 128 valence electrons. The van der Waals surface area contributed by atoms with Gasteiger partial charge in [0.25, 0.3) is 5.91 Å². The highest BCUT2D eigenvalue weighted by molar-refractivity contribution is 6.01. The zero-order valence-corrected chi connectivity index (χ0v) is 14.7. The molecule has 1 amide bonds. The van der Waals surface area contributed by atoms with E-state index in [9.17, 15) is 4.79 Å². The first-order valence-corrected chi connectivity index (χ1v) is 8.51. The van der Waals surface area contributed by atoms with Gasteiger partial charge in [0.05, 0.1) is 24.3 Å². The van der Waals surface area contributed by atoms with E-state index >= 15 is 0 Å². The molecule has 0 spiro atoms. The van der Waals surface area contributed by atoms with E-state index in [1.165, 1.54) is 0 Å². The monoisotopic (exact) mass is 342 g/mol. The summed E-state index contributed by atoms with van der Waals surface area (Å²) in [4.78, 5) is 14.5. The van der Waals surface area contributed by atoms with Crippen molar-refractivity contribution in [1.82, 2.24) is 14.7 Å². The number of amides is 1. The molecule has 1 aliphatic rings. The van der Waals surface area contributed by atoms with Crippen LogP contribution in [0.3, 0.4) is 0 Å². The van der Waals surface area contributed by atoms with E-state index in [4.69, 9.17) is 5.26 Å². The number of nitrogens with zero attached hydrogens (tertiary/aromatic N) is 4. The molecule has 2 aromatic carbocycles. The SMILES string of the molecule is C/C=C(\C#N)CN1Cc2c(cccc2-c2ccc3cnn(C)c3c2)C1=O. The number of allylic oxidation sites excluding steroid dienone is 1. The predicted molar refractivity (Wildman–Crippen MR) is 100 cm³/mol. The van der Waals surface area contributed by atoms with Gasteiger partial charge in [0.2, 0.25) is 0 Å². The van der Waals surface area contributed by atoms with E-state index in [0.29, 0.717) is 18.7 Å². The number of rotatable bonds is 3. The number of carbonyl (C=O) groups excluding carboxylic acids is 1. The molecular weight excluding hydrogens is 324 g/mol. The average Bonchev–Trinajstić information content (AvgIpc) is 3.20. The molecular formula is C21H18N4O. The molecule has 0 N–H and O–H groups in total. The van der Waals surface area contributed by atoms with Gasteiger partial charge in [-0.25, -0.2) is 0 Å². The average molecular weight is 342 g/mol. The molecule has 1 aliphatic heterocycles. The lowest BCUT2D eigenvalue weighted by molar-refractivity contribution is 0.0794. The van der Waals surface area contributed by atoms with Crippen LogP contribution >= 0.6 is 0 Å². The van der Waals surface area contributed by atoms with Gasteiger partial charge in [-0.3, -0.25) is 9.48 Å². The molecule has 0 saturated heterocycles. The predicted octanol–water partition coefficient (Wildman–Crippen LogP) is 3.67. The van der Waals surface area contributed by atoms with E-state index < -0.39 is 0 Å². The minimum atomic E-state index is -0.0157. The summed E-state index contributed by atoms with van der Waals surface area (Å²) in [7, 11) is 1.92. The van der Waals surface area contributed by atoms with Crippen LogP contribution in [0.1, 0.15) is 22.8 Å². The molecule has 1 aromatic heterocycles. The zero-order valence-electron chi connectivity index (χ0n) is 14.7. The van der Waals surface area contributed by atoms with Gasteiger partial charge in [-0.05, 0) is 35.7 Å². The number of carbonyl (C=O) groups is 1. The highest BCUT2D eigenvalue weighted by Crippen LogP contribution is 2.34. The topological polar surface area (TPSA) is 61.9 Å². The minimum Gasteiger partial charge on any atom is -0.329 e. The number of hydrogen-bond donors (Lipinski definition) is 0. The van der Waals surface area contributed by atoms with Crippen LogP contribution in [0.2, 0.25) is 0 Å². The fraction of sp³-hybridized carbons (Fsp3) is 0.190. The van der Waals surface area contributed by atoms with Crippen molar-refractivity contribution in [1.29, 1.82) is 5.26 Å². The molecule has 0 atom stereocenters. The molecule has 2 heterocycles. The molecule has 0 bridgehead atoms. The summed E-state index contributed by atoms with van der Waals surface area (Å²) >= 11 is 0. The van der Waals surface area contributed by atoms with Gasteiger partial charge >= 0.3 is 0 Å². The Bertz CT molecular complexity index is 1100. The summed E-state index contributed by atoms with van der Waals surface area (Å²) in [6, 6.07) is 14.2. The van der Waals surface area contributed by atoms with Crippen molar-refractivity contribution in [2.45, 2.75) is 13.5 Å². The zero-order chi connectivity index (χ0) is 18.3. The number of nitriles is 1. The Balaban J connectivity index is 1.77. The van der Waals surface area contributed by atoms with E-state index in [-0.39, 0.29) is 5.91 Å². The fourth-order valence-electron chi connectivity index (χ4n) is 3.50. The van der Waals surface area contributed by atoms with Crippen LogP contribution in [-0.4, -0.2) is 27.1 Å². The normalized spacial score (nSPS) is 14.0. The van der Waals surface area contributed by atoms with Crippen molar-refractivity contribution in [3.8, 4) is 17.2 Å². The second-order valence-corrected chi connectivity index (χ2v) is 6.46. The van der Waals surface area contributed by atoms with Crippen LogP contribution in [0.4, 0.5) is 0 Å². The first-order valence-electron chi connectivity index (χ1n) is 8.51. The summed E-state index contributed by atoms with van der Waals surface area (Å²) in [5.41, 5.74) is 5.53. The van der Waals surface area contributed by atoms with Crippen molar-refractivity contribution >= 4 is 16.8 Å². The maximum atomic E-state index is 12.7. The van der Waals surface area contributed by atoms with Gasteiger partial charge in [-0.1, -0.05) is 30.3 Å². The maximum absolute atomic E-state index is 12.7. The van der Waals surface area contributed by atoms with Gasteiger partial charge in [0.15, 0.2) is 0 Å². The van der Waals surface area contributed by atoms with Crippen LogP contribution in [0, 0.1) is 11.3 Å². The first-order chi connectivity index (χ1) is 12.6. The Morgan fingerprint density at radius 1 is 1.31 bits per heavy atom. The number of hydrogen-bond acceptors (Lipinski definition) is 3. The molecule has 5 nitrogen and oxygen atoms in total. The van der Waals surface area contributed by atoms with Crippen LogP contribution in [0.25, 0.3) is 22.0 Å². The summed E-state index contributed by atoms with van der Waals surface area (Å²) in [6.45, 7) is 2.69. The molecule has 0 unspecified atom stereocenters. The van der Waals surface area contributed by atoms with Crippen LogP contribution in [0.15, 0.2) is 54.2 Å². The summed E-state index contributed by atoms with van der Waals surface area (Å²) < 4.78 is 1.85. The third-order valence-corrected chi connectivity index (χ3v) is 4.96. The van der Waals surface area contributed by atoms with Crippen molar-refractivity contribution in [3.05, 3.63) is 65.4 Å². The van der Waals surface area contributed by atoms with Gasteiger partial charge in [-0.2, -0.15) is 10.4 Å². The van der Waals surface area contributed by atoms with Crippen molar-refractivity contribution in [3.63, 3.8) is 0 Å². The van der Waals surface area contributed by atoms with Gasteiger partial charge in [0.1, 0.15) is 0 Å². The van der Waals surface area contributed by atoms with E-state index in [2.05, 4.69) is 29.4 Å². The number of aryl methyl sites for hydroxylation is 1. The fourth-order valence-corrected chi connectivity index (χ4v) is 3.50. The van der Waals surface area contributed by atoms with Crippen LogP contribution in [0.5, 0.6) is 0 Å². The number of aromatic nitrogens is 2. The summed E-state index contributed by atoms with van der Waals surface area (Å²) in [5.74, 6) is -0.0157. The Kier molecular flexibility index (Phi) is 3.81. The van der Waals surface area contributed by atoms with E-state index in [1.54, 1.807) is 11.0 Å². The molecule has 0 aliphatic carbocycles. The standard InChI is InChI=1S/C21H18N4O/c1-3-14(10-22)12-25-13-19-17(5-4-6-18(19)21(25)26)15-7-8-16-11-23-24(2)20(16)9-15/h3-9,11H,12-13H2,1-2H3/b14-3+. The molecule has 3 aromatic rings. The van der Waals surface area contributed by atoms with Crippen molar-refractivity contribution < 1.29 is 4.79 Å². The lowest BCUT2D eigenvalue weighted by Gasteiger charge is -2.14. The van der Waals surface area contributed by atoms with E-state index in [1.807, 2.05) is 43.0 Å². The van der Waals surface area contributed by atoms with Gasteiger partial charge in [0, 0.05) is 30.1 Å². The van der Waals surface area contributed by atoms with Crippen LogP contribution in [-0.2, 0) is 13.6 Å². The molecule has 0 fully saturated rings. The van der Waals surface area contributed by atoms with E-state index in [0.717, 1.165) is 33.2 Å². The molecule has 0 radical (unpaired) electrons. The quantitative estimate of drug-likeness (QED) is 0.682. The van der Waals surface area contributed by atoms with Crippen molar-refractivity contribution in [2.24, 2.45) is 7.05 Å². The van der Waals surface area contributed by atoms with Crippen LogP contribution < -0.4 is 0 Å². The second kappa shape index (κ2) is 6.16. The van der Waals surface area contributed by atoms with Gasteiger partial charge < -0.3 is 4.90 Å². The third kappa shape index (κ3) is 2.47. The summed E-state index contributed by atoms with van der Waals surface area (Å²) in [6.07, 6.45) is 3.60. The molecule has 26 heavy (non-hydrogen) atoms. The highest BCUT2D eigenvalue weighted by atomic mass is 16.2. The third-order valence-electron chi connectivity index (χ3n) is 4.96. The Morgan fingerprint density at radius 2 is 2.12 bits per heavy atom. The lowest BCUT2D eigenvalue weighted by Crippen LogP contribution is -2.25. The second-order valence-electron chi connectivity index (χ2n) is 6.46. The smallest absolute Gasteiger partial charge is 0.254 e. The van der Waals surface area contributed by atoms with Gasteiger partial charge in [-0.15, -0.1) is 0 Å². The lowest BCUT2D eigenvalue weighted by atomic mass is 9.96. The van der Waals surface area contributed by atoms with Crippen molar-refractivity contribution in [2.75, 3.05) is 6.54 Å².